The molecule has 0 radical (unpaired) electrons. The largest absolute Gasteiger partial charge is 0.414 e. The van der Waals surface area contributed by atoms with E-state index in [0.717, 1.165) is 10.8 Å². The topological polar surface area (TPSA) is 73.5 Å². The first-order valence-corrected chi connectivity index (χ1v) is 7.60. The molecule has 0 saturated heterocycles. The van der Waals surface area contributed by atoms with Crippen LogP contribution in [0.3, 0.4) is 0 Å². The van der Waals surface area contributed by atoms with E-state index < -0.39 is 36.9 Å². The fourth-order valence-electron chi connectivity index (χ4n) is 2.47. The van der Waals surface area contributed by atoms with Gasteiger partial charge < -0.3 is 14.6 Å². The number of aromatic nitrogens is 4. The van der Waals surface area contributed by atoms with Crippen LogP contribution in [0.25, 0.3) is 5.65 Å². The molecule has 0 fully saturated rings. The molecule has 1 amide bonds. The summed E-state index contributed by atoms with van der Waals surface area (Å²) in [6.45, 7) is -4.72. The summed E-state index contributed by atoms with van der Waals surface area (Å²) in [7, 11) is 0. The van der Waals surface area contributed by atoms with Gasteiger partial charge in [0.15, 0.2) is 5.82 Å². The number of alkyl halides is 5. The summed E-state index contributed by atoms with van der Waals surface area (Å²) in [6.07, 6.45) is 0.183. The average Bonchev–Trinajstić information content (AvgIpc) is 3.16. The molecule has 3 aromatic heterocycles. The Bertz CT molecular complexity index is 997. The molecule has 0 aliphatic rings. The van der Waals surface area contributed by atoms with Crippen molar-refractivity contribution in [1.29, 1.82) is 0 Å². The molecule has 150 valence electrons. The molecule has 28 heavy (non-hydrogen) atoms. The Morgan fingerprint density at radius 3 is 2.64 bits per heavy atom. The Morgan fingerprint density at radius 2 is 2.00 bits per heavy atom. The van der Waals surface area contributed by atoms with E-state index in [1.165, 1.54) is 23.1 Å². The van der Waals surface area contributed by atoms with E-state index in [-0.39, 0.29) is 23.3 Å². The molecule has 0 atom stereocenters. The van der Waals surface area contributed by atoms with Crippen molar-refractivity contribution >= 4 is 11.6 Å². The number of imidazole rings is 1. The van der Waals surface area contributed by atoms with Crippen molar-refractivity contribution < 1.29 is 35.9 Å². The van der Waals surface area contributed by atoms with Crippen molar-refractivity contribution in [2.24, 2.45) is 0 Å². The van der Waals surface area contributed by atoms with Gasteiger partial charge in [-0.2, -0.15) is 27.1 Å². The van der Waals surface area contributed by atoms with Gasteiger partial charge in [-0.1, -0.05) is 0 Å². The lowest BCUT2D eigenvalue weighted by atomic mass is 10.2. The SMILES string of the molecule is O=C(NCc1cnn2ccn(CC(F)(F)F)c12)c1cnc(OC(F)F)c(F)c1. The highest BCUT2D eigenvalue weighted by Crippen LogP contribution is 2.21. The van der Waals surface area contributed by atoms with Crippen molar-refractivity contribution in [2.75, 3.05) is 0 Å². The van der Waals surface area contributed by atoms with E-state index in [1.54, 1.807) is 0 Å². The molecule has 0 saturated carbocycles. The minimum atomic E-state index is -4.45. The molecule has 0 aliphatic heterocycles. The molecule has 0 aliphatic carbocycles. The van der Waals surface area contributed by atoms with Gasteiger partial charge in [-0.3, -0.25) is 4.79 Å². The van der Waals surface area contributed by atoms with Gasteiger partial charge in [0.05, 0.1) is 11.8 Å². The second kappa shape index (κ2) is 7.40. The Morgan fingerprint density at radius 1 is 1.25 bits per heavy atom. The van der Waals surface area contributed by atoms with E-state index in [2.05, 4.69) is 20.1 Å². The Hall–Kier alpha value is -3.25. The lowest BCUT2D eigenvalue weighted by Crippen LogP contribution is -2.24. The predicted molar refractivity (Wildman–Crippen MR) is 81.2 cm³/mol. The second-order valence-electron chi connectivity index (χ2n) is 5.55. The minimum absolute atomic E-state index is 0.127. The molecule has 0 bridgehead atoms. The number of amides is 1. The summed E-state index contributed by atoms with van der Waals surface area (Å²) in [5, 5.41) is 6.27. The van der Waals surface area contributed by atoms with E-state index >= 15 is 0 Å². The maximum absolute atomic E-state index is 13.6. The Kier molecular flexibility index (Phi) is 5.16. The third kappa shape index (κ3) is 4.35. The molecule has 3 heterocycles. The van der Waals surface area contributed by atoms with Crippen LogP contribution >= 0.6 is 0 Å². The molecule has 13 heteroatoms. The maximum atomic E-state index is 13.6. The van der Waals surface area contributed by atoms with Crippen LogP contribution in [0.4, 0.5) is 26.3 Å². The number of carbonyl (C=O) groups is 1. The lowest BCUT2D eigenvalue weighted by Gasteiger charge is -2.10. The summed E-state index contributed by atoms with van der Waals surface area (Å²) >= 11 is 0. The molecular weight excluding hydrogens is 396 g/mol. The van der Waals surface area contributed by atoms with Crippen LogP contribution in [-0.4, -0.2) is 37.9 Å². The lowest BCUT2D eigenvalue weighted by molar-refractivity contribution is -0.139. The van der Waals surface area contributed by atoms with Gasteiger partial charge >= 0.3 is 12.8 Å². The van der Waals surface area contributed by atoms with Crippen LogP contribution in [-0.2, 0) is 13.1 Å². The molecule has 7 nitrogen and oxygen atoms in total. The monoisotopic (exact) mass is 407 g/mol. The van der Waals surface area contributed by atoms with Gasteiger partial charge in [-0.05, 0) is 6.07 Å². The van der Waals surface area contributed by atoms with Crippen molar-refractivity contribution in [1.82, 2.24) is 24.5 Å². The predicted octanol–water partition coefficient (Wildman–Crippen LogP) is 2.76. The van der Waals surface area contributed by atoms with Gasteiger partial charge in [-0.25, -0.2) is 13.9 Å². The van der Waals surface area contributed by atoms with Crippen LogP contribution in [0, 0.1) is 5.82 Å². The zero-order chi connectivity index (χ0) is 20.5. The molecule has 3 rings (SSSR count). The van der Waals surface area contributed by atoms with Crippen LogP contribution in [0.5, 0.6) is 5.88 Å². The van der Waals surface area contributed by atoms with Crippen LogP contribution < -0.4 is 10.1 Å². The van der Waals surface area contributed by atoms with Gasteiger partial charge in [0.2, 0.25) is 0 Å². The number of rotatable bonds is 6. The number of fused-ring (bicyclic) bond motifs is 1. The maximum Gasteiger partial charge on any atom is 0.406 e. The number of halogens is 6. The Balaban J connectivity index is 1.73. The highest BCUT2D eigenvalue weighted by atomic mass is 19.4. The smallest absolute Gasteiger partial charge is 0.406 e. The minimum Gasteiger partial charge on any atom is -0.414 e. The van der Waals surface area contributed by atoms with Crippen LogP contribution in [0.2, 0.25) is 0 Å². The van der Waals surface area contributed by atoms with Gasteiger partial charge in [0, 0.05) is 30.7 Å². The van der Waals surface area contributed by atoms with Crippen molar-refractivity contribution in [2.45, 2.75) is 25.9 Å². The number of hydrogen-bond donors (Lipinski definition) is 1. The van der Waals surface area contributed by atoms with E-state index in [0.29, 0.717) is 6.07 Å². The van der Waals surface area contributed by atoms with Crippen molar-refractivity contribution in [3.8, 4) is 5.88 Å². The third-order valence-electron chi connectivity index (χ3n) is 3.56. The summed E-state index contributed by atoms with van der Waals surface area (Å²) in [6, 6.07) is 0.653. The number of carbonyl (C=O) groups excluding carboxylic acids is 1. The number of hydrogen-bond acceptors (Lipinski definition) is 4. The van der Waals surface area contributed by atoms with Gasteiger partial charge in [0.25, 0.3) is 11.8 Å². The van der Waals surface area contributed by atoms with Crippen molar-refractivity contribution in [3.63, 3.8) is 0 Å². The average molecular weight is 407 g/mol. The van der Waals surface area contributed by atoms with Crippen LogP contribution in [0.15, 0.2) is 30.9 Å². The van der Waals surface area contributed by atoms with Crippen LogP contribution in [0.1, 0.15) is 15.9 Å². The first-order valence-electron chi connectivity index (χ1n) is 7.60. The van der Waals surface area contributed by atoms with E-state index in [1.807, 2.05) is 0 Å². The van der Waals surface area contributed by atoms with Gasteiger partial charge in [-0.15, -0.1) is 0 Å². The number of nitrogens with one attached hydrogen (secondary N) is 1. The zero-order valence-electron chi connectivity index (χ0n) is 13.8. The quantitative estimate of drug-likeness (QED) is 0.638. The summed E-state index contributed by atoms with van der Waals surface area (Å²) in [5.74, 6) is -3.04. The van der Waals surface area contributed by atoms with Crippen molar-refractivity contribution in [3.05, 3.63) is 47.8 Å². The molecule has 3 aromatic rings. The number of ether oxygens (including phenoxy) is 1. The van der Waals surface area contributed by atoms with E-state index in [4.69, 9.17) is 0 Å². The highest BCUT2D eigenvalue weighted by Gasteiger charge is 2.29. The summed E-state index contributed by atoms with van der Waals surface area (Å²) in [4.78, 5) is 15.4. The highest BCUT2D eigenvalue weighted by molar-refractivity contribution is 5.94. The Labute approximate surface area is 152 Å². The summed E-state index contributed by atoms with van der Waals surface area (Å²) < 4.78 is 81.7. The fraction of sp³-hybridized carbons (Fsp3) is 0.267. The molecular formula is C15H11F6N5O2. The van der Waals surface area contributed by atoms with Gasteiger partial charge in [0.1, 0.15) is 12.2 Å². The molecule has 1 N–H and O–H groups in total. The molecule has 0 spiro atoms. The molecule has 0 aromatic carbocycles. The summed E-state index contributed by atoms with van der Waals surface area (Å²) in [5.41, 5.74) is 0.129. The number of pyridine rings is 1. The standard InChI is InChI=1S/C15H11F6N5O2/c16-10-3-8(4-23-12(10)28-14(17)18)11(27)22-5-9-6-24-26-2-1-25(13(9)26)7-15(19,20)21/h1-4,6,14H,5,7H2,(H,22,27). The number of nitrogens with zero attached hydrogens (tertiary/aromatic N) is 4. The first-order chi connectivity index (χ1) is 13.1. The normalized spacial score (nSPS) is 12.0. The zero-order valence-corrected chi connectivity index (χ0v) is 13.8. The van der Waals surface area contributed by atoms with E-state index in [9.17, 15) is 31.1 Å². The third-order valence-corrected chi connectivity index (χ3v) is 3.56. The molecule has 0 unspecified atom stereocenters. The fourth-order valence-corrected chi connectivity index (χ4v) is 2.47. The second-order valence-corrected chi connectivity index (χ2v) is 5.55. The first kappa shape index (κ1) is 19.5.